The highest BCUT2D eigenvalue weighted by Crippen LogP contribution is 2.13. The van der Waals surface area contributed by atoms with E-state index in [2.05, 4.69) is 25.3 Å². The molecule has 11 heavy (non-hydrogen) atoms. The first kappa shape index (κ1) is 11.2. The van der Waals surface area contributed by atoms with Crippen LogP contribution in [0, 0.1) is 5.92 Å². The summed E-state index contributed by atoms with van der Waals surface area (Å²) in [5.41, 5.74) is 0. The zero-order valence-electron chi connectivity index (χ0n) is 7.11. The number of hydrogen-bond acceptors (Lipinski definition) is 3. The van der Waals surface area contributed by atoms with Crippen LogP contribution in [0.3, 0.4) is 0 Å². The van der Waals surface area contributed by atoms with E-state index in [9.17, 15) is 4.79 Å². The van der Waals surface area contributed by atoms with E-state index in [1.165, 1.54) is 0 Å². The highest BCUT2D eigenvalue weighted by molar-refractivity contribution is 7.81. The van der Waals surface area contributed by atoms with E-state index >= 15 is 0 Å². The van der Waals surface area contributed by atoms with Gasteiger partial charge >= 0.3 is 0 Å². The first-order chi connectivity index (χ1) is 5.00. The Balaban J connectivity index is 4.15. The zero-order valence-corrected chi connectivity index (χ0v) is 8.90. The fourth-order valence-corrected chi connectivity index (χ4v) is 1.64. The molecule has 0 aliphatic carbocycles. The molecule has 2 atom stereocenters. The molecular formula is C7H15NOS2. The van der Waals surface area contributed by atoms with E-state index in [0.717, 1.165) is 0 Å². The lowest BCUT2D eigenvalue weighted by molar-refractivity contribution is -0.132. The summed E-state index contributed by atoms with van der Waals surface area (Å²) in [5, 5.41) is 0.0717. The summed E-state index contributed by atoms with van der Waals surface area (Å²) in [6, 6.07) is 0. The molecule has 0 rings (SSSR count). The average Bonchev–Trinajstić information content (AvgIpc) is 1.88. The van der Waals surface area contributed by atoms with Crippen molar-refractivity contribution in [2.45, 2.75) is 12.2 Å². The van der Waals surface area contributed by atoms with Gasteiger partial charge in [0.15, 0.2) is 0 Å². The molecule has 0 spiro atoms. The third kappa shape index (κ3) is 3.38. The van der Waals surface area contributed by atoms with Crippen LogP contribution in [0.1, 0.15) is 6.92 Å². The number of thiol groups is 2. The van der Waals surface area contributed by atoms with E-state index in [1.54, 1.807) is 19.0 Å². The van der Waals surface area contributed by atoms with Crippen LogP contribution in [0.4, 0.5) is 0 Å². The van der Waals surface area contributed by atoms with Crippen LogP contribution in [-0.4, -0.2) is 35.9 Å². The summed E-state index contributed by atoms with van der Waals surface area (Å²) in [5.74, 6) is 0.584. The second kappa shape index (κ2) is 4.93. The lowest BCUT2D eigenvalue weighted by atomic mass is 10.1. The molecule has 0 saturated carbocycles. The molecule has 0 fully saturated rings. The van der Waals surface area contributed by atoms with E-state index < -0.39 is 0 Å². The maximum atomic E-state index is 11.3. The molecule has 0 aliphatic heterocycles. The van der Waals surface area contributed by atoms with Gasteiger partial charge in [-0.1, -0.05) is 6.92 Å². The highest BCUT2D eigenvalue weighted by Gasteiger charge is 2.22. The van der Waals surface area contributed by atoms with Crippen molar-refractivity contribution < 1.29 is 4.79 Å². The van der Waals surface area contributed by atoms with Gasteiger partial charge in [0.05, 0.1) is 5.92 Å². The first-order valence-corrected chi connectivity index (χ1v) is 4.65. The van der Waals surface area contributed by atoms with E-state index in [4.69, 9.17) is 0 Å². The smallest absolute Gasteiger partial charge is 0.227 e. The molecule has 0 saturated heterocycles. The van der Waals surface area contributed by atoms with Gasteiger partial charge in [-0.15, -0.1) is 0 Å². The van der Waals surface area contributed by atoms with Crippen LogP contribution in [-0.2, 0) is 4.79 Å². The fraction of sp³-hybridized carbons (Fsp3) is 0.857. The summed E-state index contributed by atoms with van der Waals surface area (Å²) in [6.45, 7) is 1.91. The van der Waals surface area contributed by atoms with E-state index in [0.29, 0.717) is 5.75 Å². The molecule has 0 aromatic rings. The Bertz CT molecular complexity index is 136. The Morgan fingerprint density at radius 3 is 2.09 bits per heavy atom. The lowest BCUT2D eigenvalue weighted by Crippen LogP contribution is -2.34. The molecular weight excluding hydrogens is 178 g/mol. The van der Waals surface area contributed by atoms with E-state index in [-0.39, 0.29) is 17.1 Å². The first-order valence-electron chi connectivity index (χ1n) is 3.50. The van der Waals surface area contributed by atoms with Crippen LogP contribution in [0.2, 0.25) is 0 Å². The van der Waals surface area contributed by atoms with Crippen LogP contribution in [0.25, 0.3) is 0 Å². The predicted octanol–water partition coefficient (Wildman–Crippen LogP) is 0.939. The third-order valence-electron chi connectivity index (χ3n) is 1.54. The standard InChI is InChI=1S/C7H15NOS2/c1-5(11)6(4-10)7(9)8(2)3/h5-6,10-11H,4H2,1-3H3. The lowest BCUT2D eigenvalue weighted by Gasteiger charge is -2.20. The second-order valence-electron chi connectivity index (χ2n) is 2.76. The van der Waals surface area contributed by atoms with Gasteiger partial charge in [0.2, 0.25) is 5.91 Å². The van der Waals surface area contributed by atoms with Gasteiger partial charge in [0.25, 0.3) is 0 Å². The second-order valence-corrected chi connectivity index (χ2v) is 3.94. The summed E-state index contributed by atoms with van der Waals surface area (Å²) >= 11 is 8.30. The Morgan fingerprint density at radius 2 is 2.00 bits per heavy atom. The molecule has 0 heterocycles. The molecule has 0 bridgehead atoms. The zero-order chi connectivity index (χ0) is 9.02. The van der Waals surface area contributed by atoms with Crippen LogP contribution < -0.4 is 0 Å². The monoisotopic (exact) mass is 193 g/mol. The van der Waals surface area contributed by atoms with Gasteiger partial charge in [-0.05, 0) is 0 Å². The van der Waals surface area contributed by atoms with Crippen molar-refractivity contribution in [3.8, 4) is 0 Å². The normalized spacial score (nSPS) is 15.7. The summed E-state index contributed by atoms with van der Waals surface area (Å²) in [7, 11) is 3.49. The number of amides is 1. The molecule has 0 aromatic carbocycles. The highest BCUT2D eigenvalue weighted by atomic mass is 32.1. The molecule has 2 unspecified atom stereocenters. The Morgan fingerprint density at radius 1 is 1.55 bits per heavy atom. The summed E-state index contributed by atoms with van der Waals surface area (Å²) < 4.78 is 0. The quantitative estimate of drug-likeness (QED) is 0.639. The largest absolute Gasteiger partial charge is 0.349 e. The molecule has 0 N–H and O–H groups in total. The minimum absolute atomic E-state index is 0.0717. The molecule has 2 nitrogen and oxygen atoms in total. The molecule has 0 aromatic heterocycles. The Kier molecular flexibility index (Phi) is 5.01. The molecule has 66 valence electrons. The summed E-state index contributed by atoms with van der Waals surface area (Å²) in [4.78, 5) is 12.9. The maximum absolute atomic E-state index is 11.3. The van der Waals surface area contributed by atoms with Crippen molar-refractivity contribution in [2.75, 3.05) is 19.8 Å². The Hall–Kier alpha value is 0.170. The minimum atomic E-state index is -0.0725. The van der Waals surface area contributed by atoms with Gasteiger partial charge in [-0.2, -0.15) is 25.3 Å². The predicted molar refractivity (Wildman–Crippen MR) is 54.5 cm³/mol. The van der Waals surface area contributed by atoms with Crippen LogP contribution in [0.15, 0.2) is 0 Å². The number of carbonyl (C=O) groups is 1. The topological polar surface area (TPSA) is 20.3 Å². The minimum Gasteiger partial charge on any atom is -0.349 e. The number of nitrogens with zero attached hydrogens (tertiary/aromatic N) is 1. The van der Waals surface area contributed by atoms with E-state index in [1.807, 2.05) is 6.92 Å². The fourth-order valence-electron chi connectivity index (χ4n) is 0.769. The summed E-state index contributed by atoms with van der Waals surface area (Å²) in [6.07, 6.45) is 0. The number of carbonyl (C=O) groups excluding carboxylic acids is 1. The van der Waals surface area contributed by atoms with Gasteiger partial charge < -0.3 is 4.90 Å². The molecule has 0 aliphatic rings. The van der Waals surface area contributed by atoms with Crippen molar-refractivity contribution in [1.82, 2.24) is 4.90 Å². The average molecular weight is 193 g/mol. The Labute approximate surface area is 79.2 Å². The molecule has 0 radical (unpaired) electrons. The number of hydrogen-bond donors (Lipinski definition) is 2. The van der Waals surface area contributed by atoms with Gasteiger partial charge in [-0.3, -0.25) is 4.79 Å². The van der Waals surface area contributed by atoms with Crippen molar-refractivity contribution in [1.29, 1.82) is 0 Å². The van der Waals surface area contributed by atoms with Gasteiger partial charge in [0.1, 0.15) is 0 Å². The molecule has 4 heteroatoms. The van der Waals surface area contributed by atoms with Crippen molar-refractivity contribution in [3.63, 3.8) is 0 Å². The number of rotatable bonds is 3. The van der Waals surface area contributed by atoms with Crippen molar-refractivity contribution in [2.24, 2.45) is 5.92 Å². The maximum Gasteiger partial charge on any atom is 0.227 e. The SMILES string of the molecule is CC(S)C(CS)C(=O)N(C)C. The van der Waals surface area contributed by atoms with Gasteiger partial charge in [-0.25, -0.2) is 0 Å². The van der Waals surface area contributed by atoms with Crippen molar-refractivity contribution >= 4 is 31.2 Å². The van der Waals surface area contributed by atoms with Crippen LogP contribution in [0.5, 0.6) is 0 Å². The third-order valence-corrected chi connectivity index (χ3v) is 2.29. The van der Waals surface area contributed by atoms with Gasteiger partial charge in [0, 0.05) is 25.1 Å². The van der Waals surface area contributed by atoms with Crippen molar-refractivity contribution in [3.05, 3.63) is 0 Å². The molecule has 1 amide bonds. The van der Waals surface area contributed by atoms with Crippen LogP contribution >= 0.6 is 25.3 Å².